The van der Waals surface area contributed by atoms with Crippen molar-refractivity contribution in [2.24, 2.45) is 5.41 Å². The third-order valence-corrected chi connectivity index (χ3v) is 6.25. The molecule has 2 heterocycles. The van der Waals surface area contributed by atoms with Gasteiger partial charge in [-0.2, -0.15) is 0 Å². The molecule has 2 fully saturated rings. The number of aliphatic hydroxyl groups is 1. The molecule has 0 bridgehead atoms. The number of benzene rings is 1. The fourth-order valence-electron chi connectivity index (χ4n) is 4.45. The first kappa shape index (κ1) is 20.6. The summed E-state index contributed by atoms with van der Waals surface area (Å²) in [7, 11) is 0. The van der Waals surface area contributed by atoms with Crippen LogP contribution in [0.4, 0.5) is 0 Å². The van der Waals surface area contributed by atoms with Crippen molar-refractivity contribution in [2.75, 3.05) is 52.4 Å². The monoisotopic (exact) mass is 393 g/mol. The van der Waals surface area contributed by atoms with E-state index in [-0.39, 0.29) is 17.9 Å². The molecule has 1 unspecified atom stereocenters. The van der Waals surface area contributed by atoms with Gasteiger partial charge < -0.3 is 10.0 Å². The normalized spacial score (nSPS) is 24.5. The van der Waals surface area contributed by atoms with Crippen LogP contribution in [0.5, 0.6) is 0 Å². The van der Waals surface area contributed by atoms with Gasteiger partial charge in [-0.05, 0) is 37.1 Å². The van der Waals surface area contributed by atoms with Crippen LogP contribution in [0.2, 0.25) is 5.02 Å². The summed E-state index contributed by atoms with van der Waals surface area (Å²) in [6.07, 6.45) is 3.12. The summed E-state index contributed by atoms with van der Waals surface area (Å²) < 4.78 is 0. The fourth-order valence-corrected chi connectivity index (χ4v) is 4.66. The van der Waals surface area contributed by atoms with Crippen LogP contribution in [-0.2, 0) is 11.3 Å². The van der Waals surface area contributed by atoms with Crippen molar-refractivity contribution in [3.8, 4) is 0 Å². The number of halogens is 1. The third-order valence-electron chi connectivity index (χ3n) is 6.01. The molecule has 1 aromatic rings. The smallest absolute Gasteiger partial charge is 0.236 e. The number of carbonyl (C=O) groups excluding carboxylic acids is 1. The predicted molar refractivity (Wildman–Crippen MR) is 109 cm³/mol. The van der Waals surface area contributed by atoms with E-state index in [0.29, 0.717) is 6.54 Å². The van der Waals surface area contributed by atoms with Crippen molar-refractivity contribution in [3.63, 3.8) is 0 Å². The van der Waals surface area contributed by atoms with Crippen LogP contribution in [0.3, 0.4) is 0 Å². The predicted octanol–water partition coefficient (Wildman–Crippen LogP) is 2.47. The van der Waals surface area contributed by atoms with Crippen LogP contribution in [0.1, 0.15) is 31.7 Å². The first-order chi connectivity index (χ1) is 13.0. The van der Waals surface area contributed by atoms with E-state index < -0.39 is 0 Å². The first-order valence-electron chi connectivity index (χ1n) is 10.1. The Balaban J connectivity index is 1.44. The topological polar surface area (TPSA) is 47.0 Å². The van der Waals surface area contributed by atoms with Crippen molar-refractivity contribution >= 4 is 17.5 Å². The van der Waals surface area contributed by atoms with Gasteiger partial charge in [0.2, 0.25) is 5.91 Å². The number of nitrogens with zero attached hydrogens (tertiary/aromatic N) is 3. The van der Waals surface area contributed by atoms with Crippen LogP contribution in [0, 0.1) is 5.41 Å². The summed E-state index contributed by atoms with van der Waals surface area (Å²) in [6, 6.07) is 7.99. The molecule has 2 aliphatic heterocycles. The van der Waals surface area contributed by atoms with Crippen LogP contribution in [0.25, 0.3) is 0 Å². The average Bonchev–Trinajstić information content (AvgIpc) is 3.06. The van der Waals surface area contributed by atoms with Gasteiger partial charge >= 0.3 is 0 Å². The Morgan fingerprint density at radius 1 is 1.19 bits per heavy atom. The molecule has 3 rings (SSSR count). The van der Waals surface area contributed by atoms with E-state index in [1.165, 1.54) is 5.56 Å². The van der Waals surface area contributed by atoms with Crippen LogP contribution < -0.4 is 0 Å². The van der Waals surface area contributed by atoms with Crippen LogP contribution >= 0.6 is 11.6 Å². The van der Waals surface area contributed by atoms with Gasteiger partial charge in [0.05, 0.1) is 6.54 Å². The standard InChI is InChI=1S/C21H32ClN3O2/c1-2-6-21(17-26)7-8-24(16-21)15-20(27)25-11-9-23(10-12-25)14-18-4-3-5-19(22)13-18/h3-5,13,26H,2,6-12,14-17H2,1H3. The molecule has 1 aromatic carbocycles. The number of amides is 1. The highest BCUT2D eigenvalue weighted by Gasteiger charge is 2.37. The molecule has 1 amide bonds. The maximum Gasteiger partial charge on any atom is 0.236 e. The third kappa shape index (κ3) is 5.44. The number of carbonyl (C=O) groups is 1. The first-order valence-corrected chi connectivity index (χ1v) is 10.5. The molecular formula is C21H32ClN3O2. The molecular weight excluding hydrogens is 362 g/mol. The van der Waals surface area contributed by atoms with Gasteiger partial charge in [0.25, 0.3) is 0 Å². The van der Waals surface area contributed by atoms with Gasteiger partial charge in [0, 0.05) is 56.3 Å². The molecule has 0 aliphatic carbocycles. The van der Waals surface area contributed by atoms with Crippen molar-refractivity contribution in [1.82, 2.24) is 14.7 Å². The zero-order chi connectivity index (χ0) is 19.3. The van der Waals surface area contributed by atoms with E-state index in [2.05, 4.69) is 22.8 Å². The summed E-state index contributed by atoms with van der Waals surface area (Å²) >= 11 is 6.07. The molecule has 0 saturated carbocycles. The Morgan fingerprint density at radius 2 is 1.96 bits per heavy atom. The molecule has 1 N–H and O–H groups in total. The summed E-state index contributed by atoms with van der Waals surface area (Å²) in [6.45, 7) is 8.88. The van der Waals surface area contributed by atoms with Gasteiger partial charge in [0.15, 0.2) is 0 Å². The molecule has 27 heavy (non-hydrogen) atoms. The van der Waals surface area contributed by atoms with E-state index in [0.717, 1.165) is 70.1 Å². The minimum absolute atomic E-state index is 0.00465. The molecule has 0 aromatic heterocycles. The maximum atomic E-state index is 12.7. The van der Waals surface area contributed by atoms with E-state index in [1.807, 2.05) is 23.1 Å². The van der Waals surface area contributed by atoms with Gasteiger partial charge in [-0.1, -0.05) is 37.1 Å². The van der Waals surface area contributed by atoms with Gasteiger partial charge in [-0.3, -0.25) is 14.6 Å². The van der Waals surface area contributed by atoms with E-state index in [1.54, 1.807) is 0 Å². The zero-order valence-corrected chi connectivity index (χ0v) is 17.1. The van der Waals surface area contributed by atoms with Crippen molar-refractivity contribution in [2.45, 2.75) is 32.7 Å². The van der Waals surface area contributed by atoms with Gasteiger partial charge in [-0.25, -0.2) is 0 Å². The second-order valence-electron chi connectivity index (χ2n) is 8.16. The molecule has 150 valence electrons. The summed E-state index contributed by atoms with van der Waals surface area (Å²) in [5.74, 6) is 0.225. The minimum Gasteiger partial charge on any atom is -0.396 e. The number of rotatable bonds is 7. The molecule has 5 nitrogen and oxygen atoms in total. The van der Waals surface area contributed by atoms with Crippen molar-refractivity contribution in [1.29, 1.82) is 0 Å². The fraction of sp³-hybridized carbons (Fsp3) is 0.667. The second-order valence-corrected chi connectivity index (χ2v) is 8.59. The molecule has 1 atom stereocenters. The molecule has 0 radical (unpaired) electrons. The van der Waals surface area contributed by atoms with Crippen molar-refractivity contribution in [3.05, 3.63) is 34.9 Å². The van der Waals surface area contributed by atoms with Crippen LogP contribution in [-0.4, -0.2) is 78.1 Å². The molecule has 6 heteroatoms. The van der Waals surface area contributed by atoms with Gasteiger partial charge in [0.1, 0.15) is 0 Å². The maximum absolute atomic E-state index is 12.7. The average molecular weight is 394 g/mol. The number of piperazine rings is 1. The lowest BCUT2D eigenvalue weighted by molar-refractivity contribution is -0.134. The lowest BCUT2D eigenvalue weighted by Crippen LogP contribution is -2.50. The quantitative estimate of drug-likeness (QED) is 0.773. The second kappa shape index (κ2) is 9.37. The molecule has 2 saturated heterocycles. The molecule has 2 aliphatic rings. The van der Waals surface area contributed by atoms with Gasteiger partial charge in [-0.15, -0.1) is 0 Å². The summed E-state index contributed by atoms with van der Waals surface area (Å²) in [4.78, 5) is 19.3. The Labute approximate surface area is 167 Å². The Morgan fingerprint density at radius 3 is 2.63 bits per heavy atom. The Bertz CT molecular complexity index is 634. The summed E-state index contributed by atoms with van der Waals surface area (Å²) in [5, 5.41) is 10.6. The highest BCUT2D eigenvalue weighted by molar-refractivity contribution is 6.30. The van der Waals surface area contributed by atoms with Crippen molar-refractivity contribution < 1.29 is 9.90 Å². The lowest BCUT2D eigenvalue weighted by atomic mass is 9.83. The number of aliphatic hydroxyl groups excluding tert-OH is 1. The zero-order valence-electron chi connectivity index (χ0n) is 16.4. The van der Waals surface area contributed by atoms with Crippen LogP contribution in [0.15, 0.2) is 24.3 Å². The number of hydrogen-bond donors (Lipinski definition) is 1. The number of likely N-dealkylation sites (tertiary alicyclic amines) is 1. The highest BCUT2D eigenvalue weighted by atomic mass is 35.5. The highest BCUT2D eigenvalue weighted by Crippen LogP contribution is 2.34. The van der Waals surface area contributed by atoms with E-state index in [4.69, 9.17) is 11.6 Å². The Kier molecular flexibility index (Phi) is 7.15. The summed E-state index contributed by atoms with van der Waals surface area (Å²) in [5.41, 5.74) is 1.22. The lowest BCUT2D eigenvalue weighted by Gasteiger charge is -2.35. The largest absolute Gasteiger partial charge is 0.396 e. The molecule has 0 spiro atoms. The number of hydrogen-bond acceptors (Lipinski definition) is 4. The van der Waals surface area contributed by atoms with E-state index >= 15 is 0 Å². The minimum atomic E-state index is 0.00465. The van der Waals surface area contributed by atoms with E-state index in [9.17, 15) is 9.90 Å². The Hall–Kier alpha value is -1.14. The SMILES string of the molecule is CCCC1(CO)CCN(CC(=O)N2CCN(Cc3cccc(Cl)c3)CC2)C1.